The van der Waals surface area contributed by atoms with Gasteiger partial charge in [-0.3, -0.25) is 4.79 Å². The topological polar surface area (TPSA) is 69.0 Å². The van der Waals surface area contributed by atoms with Gasteiger partial charge >= 0.3 is 0 Å². The zero-order valence-electron chi connectivity index (χ0n) is 17.3. The Labute approximate surface area is 186 Å². The van der Waals surface area contributed by atoms with Crippen LogP contribution in [-0.4, -0.2) is 26.4 Å². The number of carbonyl (C=O) groups is 1. The molecule has 0 aliphatic carbocycles. The number of halogens is 1. The largest absolute Gasteiger partial charge is 0.483 e. The summed E-state index contributed by atoms with van der Waals surface area (Å²) in [5.74, 6) is 1.54. The second-order valence-electron chi connectivity index (χ2n) is 6.69. The van der Waals surface area contributed by atoms with Gasteiger partial charge in [0, 0.05) is 17.3 Å². The van der Waals surface area contributed by atoms with Crippen molar-refractivity contribution >= 4 is 35.0 Å². The van der Waals surface area contributed by atoms with Crippen molar-refractivity contribution in [1.82, 2.24) is 14.8 Å². The van der Waals surface area contributed by atoms with Crippen LogP contribution in [0, 0.1) is 0 Å². The van der Waals surface area contributed by atoms with Gasteiger partial charge in [0.05, 0.1) is 5.75 Å². The minimum atomic E-state index is -0.309. The molecule has 2 aromatic carbocycles. The number of carbonyl (C=O) groups excluding carboxylic acids is 1. The third kappa shape index (κ3) is 5.77. The number of nitrogens with one attached hydrogen (secondary N) is 1. The molecule has 1 aromatic heterocycles. The highest BCUT2D eigenvalue weighted by Crippen LogP contribution is 2.26. The summed E-state index contributed by atoms with van der Waals surface area (Å²) in [5.41, 5.74) is 2.03. The van der Waals surface area contributed by atoms with Gasteiger partial charge in [0.15, 0.2) is 17.1 Å². The molecule has 0 spiro atoms. The fraction of sp³-hybridized carbons (Fsp3) is 0.318. The van der Waals surface area contributed by atoms with Gasteiger partial charge in [-0.15, -0.1) is 10.2 Å². The van der Waals surface area contributed by atoms with Crippen molar-refractivity contribution in [2.24, 2.45) is 0 Å². The molecule has 3 rings (SSSR count). The molecular weight excluding hydrogens is 420 g/mol. The van der Waals surface area contributed by atoms with Crippen LogP contribution in [0.3, 0.4) is 0 Å². The van der Waals surface area contributed by atoms with Crippen LogP contribution in [0.4, 0.5) is 5.69 Å². The zero-order chi connectivity index (χ0) is 21.5. The number of hydrogen-bond donors (Lipinski definition) is 1. The maximum atomic E-state index is 12.3. The SMILES string of the molecule is CCc1ccc(NC(=O)CSc2nnc(C(C)Oc3cccc(Cl)c3)n2CC)cc1. The average Bonchev–Trinajstić information content (AvgIpc) is 3.16. The molecule has 8 heteroatoms. The molecule has 0 radical (unpaired) electrons. The number of amides is 1. The lowest BCUT2D eigenvalue weighted by Gasteiger charge is -2.15. The molecule has 0 aliphatic rings. The molecule has 1 amide bonds. The summed E-state index contributed by atoms with van der Waals surface area (Å²) in [6, 6.07) is 15.1. The van der Waals surface area contributed by atoms with E-state index in [2.05, 4.69) is 22.4 Å². The van der Waals surface area contributed by atoms with Crippen LogP contribution in [0.1, 0.15) is 38.3 Å². The molecule has 0 fully saturated rings. The summed E-state index contributed by atoms with van der Waals surface area (Å²) in [4.78, 5) is 12.3. The molecule has 158 valence electrons. The predicted molar refractivity (Wildman–Crippen MR) is 121 cm³/mol. The summed E-state index contributed by atoms with van der Waals surface area (Å²) in [7, 11) is 0. The number of benzene rings is 2. The zero-order valence-corrected chi connectivity index (χ0v) is 18.8. The fourth-order valence-corrected chi connectivity index (χ4v) is 3.94. The minimum absolute atomic E-state index is 0.0836. The molecule has 0 aliphatic heterocycles. The molecule has 1 N–H and O–H groups in total. The smallest absolute Gasteiger partial charge is 0.234 e. The first-order valence-electron chi connectivity index (χ1n) is 9.87. The third-order valence-corrected chi connectivity index (χ3v) is 5.71. The Bertz CT molecular complexity index is 991. The molecule has 0 saturated carbocycles. The first-order chi connectivity index (χ1) is 14.5. The predicted octanol–water partition coefficient (Wildman–Crippen LogP) is 5.38. The van der Waals surface area contributed by atoms with E-state index in [0.717, 1.165) is 12.1 Å². The number of aryl methyl sites for hydroxylation is 1. The van der Waals surface area contributed by atoms with E-state index >= 15 is 0 Å². The van der Waals surface area contributed by atoms with Crippen molar-refractivity contribution < 1.29 is 9.53 Å². The highest BCUT2D eigenvalue weighted by molar-refractivity contribution is 7.99. The van der Waals surface area contributed by atoms with Crippen LogP contribution < -0.4 is 10.1 Å². The van der Waals surface area contributed by atoms with Crippen LogP contribution in [0.25, 0.3) is 0 Å². The van der Waals surface area contributed by atoms with Gasteiger partial charge < -0.3 is 14.6 Å². The van der Waals surface area contributed by atoms with Crippen molar-refractivity contribution in [3.63, 3.8) is 0 Å². The highest BCUT2D eigenvalue weighted by atomic mass is 35.5. The molecule has 6 nitrogen and oxygen atoms in total. The number of rotatable bonds is 9. The summed E-state index contributed by atoms with van der Waals surface area (Å²) in [6.07, 6.45) is 0.662. The average molecular weight is 445 g/mol. The molecule has 1 unspecified atom stereocenters. The first kappa shape index (κ1) is 22.2. The molecule has 0 bridgehead atoms. The lowest BCUT2D eigenvalue weighted by molar-refractivity contribution is -0.113. The van der Waals surface area contributed by atoms with E-state index in [1.807, 2.05) is 54.8 Å². The minimum Gasteiger partial charge on any atom is -0.483 e. The van der Waals surface area contributed by atoms with Gasteiger partial charge in [0.25, 0.3) is 0 Å². The summed E-state index contributed by atoms with van der Waals surface area (Å²) >= 11 is 7.38. The van der Waals surface area contributed by atoms with Crippen LogP contribution in [-0.2, 0) is 17.8 Å². The molecule has 3 aromatic rings. The number of thioether (sulfide) groups is 1. The normalized spacial score (nSPS) is 11.9. The fourth-order valence-electron chi connectivity index (χ4n) is 2.95. The van der Waals surface area contributed by atoms with Gasteiger partial charge in [0.2, 0.25) is 5.91 Å². The summed E-state index contributed by atoms with van der Waals surface area (Å²) in [6.45, 7) is 6.70. The van der Waals surface area contributed by atoms with E-state index < -0.39 is 0 Å². The van der Waals surface area contributed by atoms with Crippen LogP contribution in [0.2, 0.25) is 5.02 Å². The van der Waals surface area contributed by atoms with E-state index in [0.29, 0.717) is 28.3 Å². The number of aromatic nitrogens is 3. The number of nitrogens with zero attached hydrogens (tertiary/aromatic N) is 3. The van der Waals surface area contributed by atoms with E-state index in [4.69, 9.17) is 16.3 Å². The Morgan fingerprint density at radius 1 is 1.20 bits per heavy atom. The maximum absolute atomic E-state index is 12.3. The first-order valence-corrected chi connectivity index (χ1v) is 11.2. The van der Waals surface area contributed by atoms with E-state index in [1.165, 1.54) is 17.3 Å². The number of anilines is 1. The summed E-state index contributed by atoms with van der Waals surface area (Å²) in [5, 5.41) is 12.8. The summed E-state index contributed by atoms with van der Waals surface area (Å²) < 4.78 is 7.93. The lowest BCUT2D eigenvalue weighted by Crippen LogP contribution is -2.15. The van der Waals surface area contributed by atoms with Gasteiger partial charge in [-0.05, 0) is 56.2 Å². The Hall–Kier alpha value is -2.51. The van der Waals surface area contributed by atoms with E-state index in [9.17, 15) is 4.79 Å². The molecule has 30 heavy (non-hydrogen) atoms. The van der Waals surface area contributed by atoms with Crippen molar-refractivity contribution in [1.29, 1.82) is 0 Å². The second kappa shape index (κ2) is 10.5. The molecule has 1 atom stereocenters. The highest BCUT2D eigenvalue weighted by Gasteiger charge is 2.19. The standard InChI is InChI=1S/C22H25ClN4O2S/c1-4-16-9-11-18(12-10-16)24-20(28)14-30-22-26-25-21(27(22)5-2)15(3)29-19-8-6-7-17(23)13-19/h6-13,15H,4-5,14H2,1-3H3,(H,24,28). The van der Waals surface area contributed by atoms with Crippen LogP contribution in [0.15, 0.2) is 53.7 Å². The van der Waals surface area contributed by atoms with Crippen molar-refractivity contribution in [2.45, 2.75) is 45.0 Å². The number of ether oxygens (including phenoxy) is 1. The number of hydrogen-bond acceptors (Lipinski definition) is 5. The van der Waals surface area contributed by atoms with Crippen molar-refractivity contribution in [3.05, 3.63) is 64.9 Å². The van der Waals surface area contributed by atoms with Gasteiger partial charge in [0.1, 0.15) is 5.75 Å². The maximum Gasteiger partial charge on any atom is 0.234 e. The second-order valence-corrected chi connectivity index (χ2v) is 8.07. The Balaban J connectivity index is 1.61. The Morgan fingerprint density at radius 3 is 2.63 bits per heavy atom. The van der Waals surface area contributed by atoms with Gasteiger partial charge in [-0.1, -0.05) is 48.5 Å². The molecule has 1 heterocycles. The van der Waals surface area contributed by atoms with Gasteiger partial charge in [-0.2, -0.15) is 0 Å². The quantitative estimate of drug-likeness (QED) is 0.448. The van der Waals surface area contributed by atoms with Crippen molar-refractivity contribution in [2.75, 3.05) is 11.1 Å². The Kier molecular flexibility index (Phi) is 7.76. The van der Waals surface area contributed by atoms with E-state index in [-0.39, 0.29) is 17.8 Å². The molecular formula is C22H25ClN4O2S. The third-order valence-electron chi connectivity index (χ3n) is 4.51. The van der Waals surface area contributed by atoms with Crippen molar-refractivity contribution in [3.8, 4) is 5.75 Å². The lowest BCUT2D eigenvalue weighted by atomic mass is 10.1. The Morgan fingerprint density at radius 2 is 1.97 bits per heavy atom. The van der Waals surface area contributed by atoms with Crippen LogP contribution >= 0.6 is 23.4 Å². The molecule has 0 saturated heterocycles. The van der Waals surface area contributed by atoms with Gasteiger partial charge in [-0.25, -0.2) is 0 Å². The monoisotopic (exact) mass is 444 g/mol. The van der Waals surface area contributed by atoms with E-state index in [1.54, 1.807) is 12.1 Å². The van der Waals surface area contributed by atoms with Crippen LogP contribution in [0.5, 0.6) is 5.75 Å².